The van der Waals surface area contributed by atoms with Crippen molar-refractivity contribution in [3.8, 4) is 0 Å². The van der Waals surface area contributed by atoms with E-state index in [-0.39, 0.29) is 6.61 Å². The molecular formula is C11H17NO2. The number of carbonyl (C=O) groups excluding carboxylic acids is 1. The van der Waals surface area contributed by atoms with Gasteiger partial charge >= 0.3 is 5.97 Å². The van der Waals surface area contributed by atoms with Crippen LogP contribution in [0.4, 0.5) is 0 Å². The lowest BCUT2D eigenvalue weighted by molar-refractivity contribution is -0.147. The van der Waals surface area contributed by atoms with Crippen molar-refractivity contribution in [2.24, 2.45) is 5.73 Å². The molecule has 0 unspecified atom stereocenters. The highest BCUT2D eigenvalue weighted by Gasteiger charge is 2.23. The maximum atomic E-state index is 11.3. The smallest absolute Gasteiger partial charge is 0.325 e. The van der Waals surface area contributed by atoms with Crippen LogP contribution in [0.3, 0.4) is 0 Å². The summed E-state index contributed by atoms with van der Waals surface area (Å²) in [4.78, 5) is 11.3. The van der Waals surface area contributed by atoms with Crippen LogP contribution >= 0.6 is 0 Å². The monoisotopic (exact) mass is 195 g/mol. The van der Waals surface area contributed by atoms with E-state index in [9.17, 15) is 4.79 Å². The van der Waals surface area contributed by atoms with Crippen molar-refractivity contribution in [1.82, 2.24) is 0 Å². The Morgan fingerprint density at radius 3 is 2.43 bits per heavy atom. The summed E-state index contributed by atoms with van der Waals surface area (Å²) in [6.07, 6.45) is 4.95. The molecule has 0 aromatic heterocycles. The molecule has 0 amide bonds. The van der Waals surface area contributed by atoms with E-state index in [1.165, 1.54) is 0 Å². The average molecular weight is 195 g/mol. The van der Waals surface area contributed by atoms with Gasteiger partial charge in [0.2, 0.25) is 0 Å². The maximum Gasteiger partial charge on any atom is 0.325 e. The average Bonchev–Trinajstić information content (AvgIpc) is 2.10. The van der Waals surface area contributed by atoms with Gasteiger partial charge in [0.05, 0.1) is 0 Å². The van der Waals surface area contributed by atoms with Crippen molar-refractivity contribution in [2.45, 2.75) is 19.4 Å². The second-order valence-electron chi connectivity index (χ2n) is 3.48. The SMILES string of the molecule is C=C/C=C(\C=C)COC(=O)C(C)(C)N. The molecule has 0 aliphatic rings. The first-order chi connectivity index (χ1) is 6.41. The Labute approximate surface area is 84.9 Å². The normalized spacial score (nSPS) is 12.1. The molecule has 0 fully saturated rings. The molecule has 0 heterocycles. The van der Waals surface area contributed by atoms with Gasteiger partial charge in [-0.1, -0.05) is 31.4 Å². The number of carbonyl (C=O) groups is 1. The Morgan fingerprint density at radius 1 is 1.50 bits per heavy atom. The minimum Gasteiger partial charge on any atom is -0.459 e. The third-order valence-corrected chi connectivity index (χ3v) is 1.49. The van der Waals surface area contributed by atoms with Crippen LogP contribution in [-0.4, -0.2) is 18.1 Å². The second-order valence-corrected chi connectivity index (χ2v) is 3.48. The molecule has 0 radical (unpaired) electrons. The molecule has 2 N–H and O–H groups in total. The van der Waals surface area contributed by atoms with E-state index in [1.807, 2.05) is 0 Å². The minimum atomic E-state index is -0.958. The van der Waals surface area contributed by atoms with Gasteiger partial charge in [0.25, 0.3) is 0 Å². The number of hydrogen-bond acceptors (Lipinski definition) is 3. The highest BCUT2D eigenvalue weighted by molar-refractivity contribution is 5.79. The molecule has 0 spiro atoms. The quantitative estimate of drug-likeness (QED) is 0.535. The summed E-state index contributed by atoms with van der Waals surface area (Å²) in [7, 11) is 0. The molecular weight excluding hydrogens is 178 g/mol. The number of nitrogens with two attached hydrogens (primary N) is 1. The van der Waals surface area contributed by atoms with Crippen LogP contribution < -0.4 is 5.73 Å². The molecule has 0 aromatic rings. The van der Waals surface area contributed by atoms with E-state index in [2.05, 4.69) is 13.2 Å². The van der Waals surface area contributed by atoms with Gasteiger partial charge in [0, 0.05) is 0 Å². The lowest BCUT2D eigenvalue weighted by Crippen LogP contribution is -2.43. The summed E-state index contributed by atoms with van der Waals surface area (Å²) in [6.45, 7) is 10.5. The molecule has 3 nitrogen and oxygen atoms in total. The summed E-state index contributed by atoms with van der Waals surface area (Å²) in [5, 5.41) is 0. The van der Waals surface area contributed by atoms with Crippen molar-refractivity contribution in [3.63, 3.8) is 0 Å². The fraction of sp³-hybridized carbons (Fsp3) is 0.364. The van der Waals surface area contributed by atoms with E-state index in [0.717, 1.165) is 5.57 Å². The standard InChI is InChI=1S/C11H17NO2/c1-5-7-9(6-2)8-14-10(13)11(3,4)12/h5-7H,1-2,8,12H2,3-4H3/b9-7+. The van der Waals surface area contributed by atoms with Gasteiger partial charge in [-0.3, -0.25) is 4.79 Å². The van der Waals surface area contributed by atoms with Crippen molar-refractivity contribution in [1.29, 1.82) is 0 Å². The largest absolute Gasteiger partial charge is 0.459 e. The van der Waals surface area contributed by atoms with E-state index in [4.69, 9.17) is 10.5 Å². The zero-order chi connectivity index (χ0) is 11.2. The highest BCUT2D eigenvalue weighted by atomic mass is 16.5. The fourth-order valence-electron chi connectivity index (χ4n) is 0.661. The molecule has 0 rings (SSSR count). The summed E-state index contributed by atoms with van der Waals surface area (Å²) in [5.74, 6) is -0.436. The van der Waals surface area contributed by atoms with Crippen LogP contribution in [0.2, 0.25) is 0 Å². The molecule has 14 heavy (non-hydrogen) atoms. The van der Waals surface area contributed by atoms with Gasteiger partial charge < -0.3 is 10.5 Å². The van der Waals surface area contributed by atoms with E-state index < -0.39 is 11.5 Å². The van der Waals surface area contributed by atoms with Gasteiger partial charge in [-0.25, -0.2) is 0 Å². The van der Waals surface area contributed by atoms with Gasteiger partial charge in [0.1, 0.15) is 12.1 Å². The van der Waals surface area contributed by atoms with Gasteiger partial charge in [-0.15, -0.1) is 0 Å². The maximum absolute atomic E-state index is 11.3. The van der Waals surface area contributed by atoms with Gasteiger partial charge in [-0.2, -0.15) is 0 Å². The third kappa shape index (κ3) is 4.62. The third-order valence-electron chi connectivity index (χ3n) is 1.49. The lowest BCUT2D eigenvalue weighted by Gasteiger charge is -2.16. The Morgan fingerprint density at radius 2 is 2.07 bits per heavy atom. The fourth-order valence-corrected chi connectivity index (χ4v) is 0.661. The summed E-state index contributed by atoms with van der Waals surface area (Å²) in [6, 6.07) is 0. The molecule has 0 bridgehead atoms. The molecule has 0 aliphatic carbocycles. The molecule has 78 valence electrons. The van der Waals surface area contributed by atoms with Crippen LogP contribution in [0.5, 0.6) is 0 Å². The molecule has 0 saturated carbocycles. The molecule has 3 heteroatoms. The summed E-state index contributed by atoms with van der Waals surface area (Å²) >= 11 is 0. The first-order valence-electron chi connectivity index (χ1n) is 4.32. The Bertz CT molecular complexity index is 259. The van der Waals surface area contributed by atoms with Crippen molar-refractivity contribution < 1.29 is 9.53 Å². The molecule has 0 atom stereocenters. The van der Waals surface area contributed by atoms with Gasteiger partial charge in [-0.05, 0) is 19.4 Å². The zero-order valence-electron chi connectivity index (χ0n) is 8.75. The van der Waals surface area contributed by atoms with Crippen LogP contribution in [0.15, 0.2) is 37.0 Å². The van der Waals surface area contributed by atoms with Crippen molar-refractivity contribution in [2.75, 3.05) is 6.61 Å². The number of allylic oxidation sites excluding steroid dienone is 2. The predicted octanol–water partition coefficient (Wildman–Crippen LogP) is 1.57. The first-order valence-corrected chi connectivity index (χ1v) is 4.32. The van der Waals surface area contributed by atoms with E-state index in [0.29, 0.717) is 0 Å². The van der Waals surface area contributed by atoms with Gasteiger partial charge in [0.15, 0.2) is 0 Å². The van der Waals surface area contributed by atoms with Crippen LogP contribution in [0.25, 0.3) is 0 Å². The van der Waals surface area contributed by atoms with Crippen molar-refractivity contribution >= 4 is 5.97 Å². The minimum absolute atomic E-state index is 0.176. The first kappa shape index (κ1) is 12.7. The number of rotatable bonds is 5. The number of hydrogen-bond donors (Lipinski definition) is 1. The Balaban J connectivity index is 4.18. The van der Waals surface area contributed by atoms with E-state index in [1.54, 1.807) is 32.1 Å². The topological polar surface area (TPSA) is 52.3 Å². The van der Waals surface area contributed by atoms with E-state index >= 15 is 0 Å². The molecule has 0 aromatic carbocycles. The molecule has 0 saturated heterocycles. The Hall–Kier alpha value is -1.35. The summed E-state index contributed by atoms with van der Waals surface area (Å²) < 4.78 is 4.96. The molecule has 0 aliphatic heterocycles. The Kier molecular flexibility index (Phi) is 4.87. The van der Waals surface area contributed by atoms with Crippen LogP contribution in [0.1, 0.15) is 13.8 Å². The second kappa shape index (κ2) is 5.40. The van der Waals surface area contributed by atoms with Crippen molar-refractivity contribution in [3.05, 3.63) is 37.0 Å². The number of esters is 1. The summed E-state index contributed by atoms with van der Waals surface area (Å²) in [5.41, 5.74) is 5.37. The predicted molar refractivity (Wildman–Crippen MR) is 57.7 cm³/mol. The lowest BCUT2D eigenvalue weighted by atomic mass is 10.1. The van der Waals surface area contributed by atoms with Crippen LogP contribution in [0, 0.1) is 0 Å². The highest BCUT2D eigenvalue weighted by Crippen LogP contribution is 2.03. The zero-order valence-corrected chi connectivity index (χ0v) is 8.75. The van der Waals surface area contributed by atoms with Crippen LogP contribution in [-0.2, 0) is 9.53 Å². The number of ether oxygens (including phenoxy) is 1.